The van der Waals surface area contributed by atoms with Crippen molar-refractivity contribution in [2.24, 2.45) is 0 Å². The maximum absolute atomic E-state index is 13.5. The monoisotopic (exact) mass is 451 g/mol. The van der Waals surface area contributed by atoms with Gasteiger partial charge in [-0.1, -0.05) is 57.2 Å². The molecule has 0 amide bonds. The van der Waals surface area contributed by atoms with Crippen LogP contribution in [0.25, 0.3) is 0 Å². The zero-order valence-corrected chi connectivity index (χ0v) is 20.0. The Hall–Kier alpha value is -2.77. The largest absolute Gasteiger partial charge is 0.278 e. The Kier molecular flexibility index (Phi) is 5.59. The van der Waals surface area contributed by atoms with Gasteiger partial charge in [0.2, 0.25) is 10.0 Å². The number of fused-ring (bicyclic) bond motifs is 1. The summed E-state index contributed by atoms with van der Waals surface area (Å²) in [7, 11) is -3.79. The molecule has 0 unspecified atom stereocenters. The Morgan fingerprint density at radius 3 is 2.22 bits per heavy atom. The van der Waals surface area contributed by atoms with E-state index in [0.717, 1.165) is 11.1 Å². The summed E-state index contributed by atoms with van der Waals surface area (Å²) in [5.41, 5.74) is 4.44. The molecule has 0 saturated carbocycles. The van der Waals surface area contributed by atoms with Crippen molar-refractivity contribution in [1.29, 1.82) is 0 Å². The Bertz CT molecular complexity index is 1280. The van der Waals surface area contributed by atoms with Crippen LogP contribution in [0.3, 0.4) is 0 Å². The Morgan fingerprint density at radius 1 is 0.969 bits per heavy atom. The van der Waals surface area contributed by atoms with E-state index in [2.05, 4.69) is 25.9 Å². The second kappa shape index (κ2) is 7.98. The normalized spacial score (nSPS) is 14.9. The first-order valence-corrected chi connectivity index (χ1v) is 12.2. The third kappa shape index (κ3) is 3.91. The van der Waals surface area contributed by atoms with Crippen LogP contribution < -0.4 is 0 Å². The smallest absolute Gasteiger partial charge is 0.267 e. The van der Waals surface area contributed by atoms with E-state index in [0.29, 0.717) is 36.5 Å². The minimum atomic E-state index is -3.79. The highest BCUT2D eigenvalue weighted by Gasteiger charge is 2.34. The molecule has 2 heterocycles. The number of rotatable bonds is 3. The van der Waals surface area contributed by atoms with Crippen molar-refractivity contribution in [1.82, 2.24) is 14.1 Å². The van der Waals surface area contributed by atoms with E-state index in [1.807, 2.05) is 36.4 Å². The molecule has 7 heteroatoms. The van der Waals surface area contributed by atoms with Gasteiger partial charge in [-0.15, -0.1) is 0 Å². The molecule has 0 fully saturated rings. The van der Waals surface area contributed by atoms with Crippen LogP contribution in [-0.4, -0.2) is 35.0 Å². The van der Waals surface area contributed by atoms with Crippen molar-refractivity contribution in [3.63, 3.8) is 0 Å². The first-order chi connectivity index (χ1) is 15.0. The van der Waals surface area contributed by atoms with Gasteiger partial charge in [0.25, 0.3) is 5.91 Å². The van der Waals surface area contributed by atoms with Gasteiger partial charge in [-0.05, 0) is 54.5 Å². The Balaban J connectivity index is 1.66. The number of hydrogen-bond acceptors (Lipinski definition) is 4. The van der Waals surface area contributed by atoms with Crippen LogP contribution in [0.2, 0.25) is 0 Å². The van der Waals surface area contributed by atoms with Crippen molar-refractivity contribution in [3.8, 4) is 0 Å². The lowest BCUT2D eigenvalue weighted by Crippen LogP contribution is -2.36. The Labute approximate surface area is 189 Å². The van der Waals surface area contributed by atoms with E-state index < -0.39 is 10.0 Å². The highest BCUT2D eigenvalue weighted by atomic mass is 32.2. The van der Waals surface area contributed by atoms with Gasteiger partial charge in [-0.25, -0.2) is 8.42 Å². The molecule has 0 bridgehead atoms. The predicted octanol–water partition coefficient (Wildman–Crippen LogP) is 4.23. The molecule has 1 aromatic heterocycles. The molecular formula is C25H29N3O3S. The molecular weight excluding hydrogens is 422 g/mol. The van der Waals surface area contributed by atoms with E-state index in [1.165, 1.54) is 14.6 Å². The van der Waals surface area contributed by atoms with Crippen LogP contribution in [0.4, 0.5) is 0 Å². The van der Waals surface area contributed by atoms with Crippen LogP contribution in [-0.2, 0) is 28.4 Å². The number of nitrogens with zero attached hydrogens (tertiary/aromatic N) is 3. The van der Waals surface area contributed by atoms with Gasteiger partial charge in [0, 0.05) is 18.7 Å². The molecule has 0 N–H and O–H groups in total. The average Bonchev–Trinajstić information content (AvgIpc) is 3.06. The van der Waals surface area contributed by atoms with Crippen LogP contribution in [0.15, 0.2) is 53.4 Å². The summed E-state index contributed by atoms with van der Waals surface area (Å²) < 4.78 is 29.8. The van der Waals surface area contributed by atoms with Crippen molar-refractivity contribution in [2.45, 2.75) is 57.9 Å². The summed E-state index contributed by atoms with van der Waals surface area (Å²) >= 11 is 0. The number of aromatic nitrogens is 2. The number of benzene rings is 2. The summed E-state index contributed by atoms with van der Waals surface area (Å²) in [6.07, 6.45) is 0.667. The van der Waals surface area contributed by atoms with Crippen LogP contribution in [0.5, 0.6) is 0 Å². The molecule has 3 aromatic rings. The van der Waals surface area contributed by atoms with Crippen molar-refractivity contribution in [3.05, 3.63) is 82.2 Å². The molecule has 168 valence electrons. The summed E-state index contributed by atoms with van der Waals surface area (Å²) in [5, 5.41) is 4.32. The maximum Gasteiger partial charge on any atom is 0.278 e. The number of sulfonamides is 1. The minimum absolute atomic E-state index is 0.0198. The van der Waals surface area contributed by atoms with Gasteiger partial charge in [0.05, 0.1) is 11.4 Å². The molecule has 0 radical (unpaired) electrons. The maximum atomic E-state index is 13.5. The van der Waals surface area contributed by atoms with Gasteiger partial charge in [0.15, 0.2) is 0 Å². The molecule has 0 spiro atoms. The molecule has 32 heavy (non-hydrogen) atoms. The molecule has 2 aromatic carbocycles. The first-order valence-electron chi connectivity index (χ1n) is 10.8. The number of aryl methyl sites for hydroxylation is 1. The highest BCUT2D eigenvalue weighted by molar-refractivity contribution is 7.89. The van der Waals surface area contributed by atoms with E-state index in [4.69, 9.17) is 0 Å². The van der Waals surface area contributed by atoms with Gasteiger partial charge >= 0.3 is 0 Å². The molecule has 0 atom stereocenters. The molecule has 0 aliphatic carbocycles. The zero-order valence-electron chi connectivity index (χ0n) is 19.2. The van der Waals surface area contributed by atoms with E-state index >= 15 is 0 Å². The highest BCUT2D eigenvalue weighted by Crippen LogP contribution is 2.29. The first kappa shape index (κ1) is 22.4. The topological polar surface area (TPSA) is 72.3 Å². The van der Waals surface area contributed by atoms with Gasteiger partial charge in [0.1, 0.15) is 4.90 Å². The van der Waals surface area contributed by atoms with Gasteiger partial charge in [-0.3, -0.25) is 4.79 Å². The fraction of sp³-hybridized carbons (Fsp3) is 0.360. The minimum Gasteiger partial charge on any atom is -0.267 e. The van der Waals surface area contributed by atoms with Crippen LogP contribution >= 0.6 is 0 Å². The van der Waals surface area contributed by atoms with Crippen molar-refractivity contribution >= 4 is 15.9 Å². The fourth-order valence-corrected chi connectivity index (χ4v) is 6.01. The van der Waals surface area contributed by atoms with Gasteiger partial charge < -0.3 is 0 Å². The van der Waals surface area contributed by atoms with Crippen molar-refractivity contribution < 1.29 is 13.2 Å². The second-order valence-corrected chi connectivity index (χ2v) is 11.3. The molecule has 4 rings (SSSR count). The summed E-state index contributed by atoms with van der Waals surface area (Å²) in [5.74, 6) is -0.337. The second-order valence-electron chi connectivity index (χ2n) is 9.40. The summed E-state index contributed by atoms with van der Waals surface area (Å²) in [4.78, 5) is 13.3. The zero-order chi connectivity index (χ0) is 23.3. The lowest BCUT2D eigenvalue weighted by molar-refractivity contribution is 0.0942. The molecule has 0 saturated heterocycles. The lowest BCUT2D eigenvalue weighted by Gasteiger charge is -2.28. The third-order valence-corrected chi connectivity index (χ3v) is 8.21. The number of carbonyl (C=O) groups is 1. The van der Waals surface area contributed by atoms with Gasteiger partial charge in [-0.2, -0.15) is 14.1 Å². The standard InChI is InChI=1S/C25H29N3O3S/c1-17-23(32(30,31)27-15-14-19-8-6-7-9-21(19)16-27)18(2)28(26-17)24(29)20-10-12-22(13-11-20)25(3,4)5/h6-13H,14-16H2,1-5H3. The van der Waals surface area contributed by atoms with Crippen LogP contribution in [0, 0.1) is 13.8 Å². The Morgan fingerprint density at radius 2 is 1.59 bits per heavy atom. The predicted molar refractivity (Wildman–Crippen MR) is 124 cm³/mol. The van der Waals surface area contributed by atoms with E-state index in [-0.39, 0.29) is 16.2 Å². The average molecular weight is 452 g/mol. The summed E-state index contributed by atoms with van der Waals surface area (Å²) in [6, 6.07) is 15.3. The molecule has 1 aliphatic rings. The number of carbonyl (C=O) groups excluding carboxylic acids is 1. The van der Waals surface area contributed by atoms with E-state index in [9.17, 15) is 13.2 Å². The van der Waals surface area contributed by atoms with Crippen LogP contribution in [0.1, 0.15) is 59.2 Å². The lowest BCUT2D eigenvalue weighted by atomic mass is 9.87. The quantitative estimate of drug-likeness (QED) is 0.597. The summed E-state index contributed by atoms with van der Waals surface area (Å²) in [6.45, 7) is 10.4. The molecule has 1 aliphatic heterocycles. The number of hydrogen-bond donors (Lipinski definition) is 0. The fourth-order valence-electron chi connectivity index (χ4n) is 4.24. The van der Waals surface area contributed by atoms with Crippen molar-refractivity contribution in [2.75, 3.05) is 6.54 Å². The van der Waals surface area contributed by atoms with E-state index in [1.54, 1.807) is 26.0 Å². The third-order valence-electron chi connectivity index (χ3n) is 6.11. The molecule has 6 nitrogen and oxygen atoms in total. The SMILES string of the molecule is Cc1nn(C(=O)c2ccc(C(C)(C)C)cc2)c(C)c1S(=O)(=O)N1CCc2ccccc2C1.